The number of fused-ring (bicyclic) bond motifs is 1. The molecule has 1 aromatic heterocycles. The average molecular weight is 750 g/mol. The smallest absolute Gasteiger partial charge is 0.407 e. The number of aliphatic hydroxyl groups is 1. The van der Waals surface area contributed by atoms with Gasteiger partial charge in [0.05, 0.1) is 45.5 Å². The minimum Gasteiger partial charge on any atom is -0.497 e. The number of methoxy groups -OCH3 is 2. The number of aromatic nitrogens is 1. The van der Waals surface area contributed by atoms with Crippen LogP contribution < -0.4 is 25.5 Å². The maximum Gasteiger partial charge on any atom is 0.407 e. The van der Waals surface area contributed by atoms with Crippen LogP contribution in [0.2, 0.25) is 0 Å². The lowest BCUT2D eigenvalue weighted by molar-refractivity contribution is -0.131. The molecule has 0 bridgehead atoms. The summed E-state index contributed by atoms with van der Waals surface area (Å²) in [5, 5.41) is 18.9. The van der Waals surface area contributed by atoms with Crippen molar-refractivity contribution in [3.05, 3.63) is 89.7 Å². The first-order valence-electron chi connectivity index (χ1n) is 17.9. The number of nitrogens with one attached hydrogen (secondary N) is 3. The number of benzene rings is 2. The van der Waals surface area contributed by atoms with Crippen molar-refractivity contribution in [1.82, 2.24) is 26.1 Å². The quantitative estimate of drug-likeness (QED) is 0.156. The Bertz CT molecular complexity index is 1650. The van der Waals surface area contributed by atoms with Gasteiger partial charge in [-0.3, -0.25) is 15.2 Å². The number of aliphatic hydroxyl groups excluding tert-OH is 1. The zero-order valence-corrected chi connectivity index (χ0v) is 31.4. The molecule has 6 atom stereocenters. The van der Waals surface area contributed by atoms with Crippen LogP contribution in [0.1, 0.15) is 43.9 Å². The molecule has 15 heteroatoms. The van der Waals surface area contributed by atoms with E-state index in [1.807, 2.05) is 69.3 Å². The molecule has 2 aliphatic heterocycles. The summed E-state index contributed by atoms with van der Waals surface area (Å²) in [6.07, 6.45) is 0.791. The summed E-state index contributed by atoms with van der Waals surface area (Å²) in [7, 11) is 2.80. The Kier molecular flexibility index (Phi) is 14.1. The maximum absolute atomic E-state index is 13.8. The Hall–Kier alpha value is -4.96. The highest BCUT2D eigenvalue weighted by atomic mass is 16.7. The molecule has 0 saturated carbocycles. The summed E-state index contributed by atoms with van der Waals surface area (Å²) in [5.41, 5.74) is 4.78. The van der Waals surface area contributed by atoms with Crippen LogP contribution in [0.25, 0.3) is 0 Å². The molecular formula is C39H51N5O10. The van der Waals surface area contributed by atoms with Gasteiger partial charge in [-0.15, -0.1) is 0 Å². The number of carbonyl (C=O) groups is 3. The van der Waals surface area contributed by atoms with E-state index in [2.05, 4.69) is 21.0 Å². The van der Waals surface area contributed by atoms with Gasteiger partial charge in [-0.2, -0.15) is 0 Å². The normalized spacial score (nSPS) is 19.6. The number of hydrogen-bond acceptors (Lipinski definition) is 12. The molecule has 0 aliphatic carbocycles. The second-order valence-corrected chi connectivity index (χ2v) is 14.4. The SMILES string of the molecule is COC(=O)NC(C(=O)NN(Cc1ccc(OCc2ccncc2)cc1)C[C@H](O)[C@H](Cc1ccc(OC)cc1)NC(=O)O[C@H]1CO[C@H]2OCC[C@H]21)C(C)(C)C. The van der Waals surface area contributed by atoms with Crippen LogP contribution in [0, 0.1) is 11.3 Å². The molecule has 5 rings (SSSR count). The number of rotatable bonds is 16. The van der Waals surface area contributed by atoms with E-state index in [0.717, 1.165) is 16.7 Å². The number of hydrazine groups is 1. The third-order valence-corrected chi connectivity index (χ3v) is 9.33. The van der Waals surface area contributed by atoms with Crippen molar-refractivity contribution in [3.8, 4) is 11.5 Å². The van der Waals surface area contributed by atoms with Crippen LogP contribution >= 0.6 is 0 Å². The summed E-state index contributed by atoms with van der Waals surface area (Å²) in [6.45, 7) is 6.59. The highest BCUT2D eigenvalue weighted by molar-refractivity contribution is 5.86. The van der Waals surface area contributed by atoms with E-state index in [4.69, 9.17) is 28.4 Å². The number of hydrogen-bond donors (Lipinski definition) is 4. The molecule has 2 saturated heterocycles. The Labute approximate surface area is 315 Å². The summed E-state index contributed by atoms with van der Waals surface area (Å²) < 4.78 is 33.0. The lowest BCUT2D eigenvalue weighted by Gasteiger charge is -2.34. The molecule has 2 aliphatic rings. The molecule has 2 aromatic carbocycles. The fraction of sp³-hybridized carbons (Fsp3) is 0.487. The number of nitrogens with zero attached hydrogens (tertiary/aromatic N) is 2. The van der Waals surface area contributed by atoms with E-state index in [9.17, 15) is 19.5 Å². The Morgan fingerprint density at radius 3 is 2.26 bits per heavy atom. The highest BCUT2D eigenvalue weighted by Gasteiger charge is 2.44. The maximum atomic E-state index is 13.8. The first kappa shape index (κ1) is 40.2. The summed E-state index contributed by atoms with van der Waals surface area (Å²) in [5.74, 6) is 0.723. The standard InChI is InChI=1S/C39H51N5O10/c1-39(2,3)34(42-37(47)50-5)35(46)43-44(21-26-8-12-29(13-9-26)52-23-27-14-17-40-18-15-27)22-32(45)31(20-25-6-10-28(49-4)11-7-25)41-38(48)54-33-24-53-36-30(33)16-19-51-36/h6-15,17-18,30-34,36,45H,16,19-24H2,1-5H3,(H,41,48)(H,42,47)(H,43,46)/t30-,31-,32-,33-,34?,36+/m0/s1. The molecule has 4 N–H and O–H groups in total. The van der Waals surface area contributed by atoms with Crippen molar-refractivity contribution in [2.45, 2.75) is 77.3 Å². The van der Waals surface area contributed by atoms with Gasteiger partial charge < -0.3 is 44.2 Å². The van der Waals surface area contributed by atoms with Crippen LogP contribution in [-0.4, -0.2) is 97.8 Å². The average Bonchev–Trinajstić information content (AvgIpc) is 3.78. The van der Waals surface area contributed by atoms with E-state index in [1.165, 1.54) is 7.11 Å². The van der Waals surface area contributed by atoms with Crippen molar-refractivity contribution in [1.29, 1.82) is 0 Å². The molecule has 292 valence electrons. The monoisotopic (exact) mass is 749 g/mol. The first-order chi connectivity index (χ1) is 25.9. The van der Waals surface area contributed by atoms with E-state index in [0.29, 0.717) is 31.1 Å². The summed E-state index contributed by atoms with van der Waals surface area (Å²) in [4.78, 5) is 43.4. The first-order valence-corrected chi connectivity index (χ1v) is 17.9. The summed E-state index contributed by atoms with van der Waals surface area (Å²) >= 11 is 0. The topological polar surface area (TPSA) is 179 Å². The predicted octanol–water partition coefficient (Wildman–Crippen LogP) is 3.73. The predicted molar refractivity (Wildman–Crippen MR) is 196 cm³/mol. The minimum atomic E-state index is -1.22. The number of carbonyl (C=O) groups excluding carboxylic acids is 3. The molecule has 54 heavy (non-hydrogen) atoms. The molecule has 3 aromatic rings. The van der Waals surface area contributed by atoms with Crippen LogP contribution in [0.3, 0.4) is 0 Å². The van der Waals surface area contributed by atoms with E-state index in [-0.39, 0.29) is 32.0 Å². The van der Waals surface area contributed by atoms with Gasteiger partial charge in [0, 0.05) is 25.5 Å². The lowest BCUT2D eigenvalue weighted by atomic mass is 9.86. The number of ether oxygens (including phenoxy) is 6. The Balaban J connectivity index is 1.34. The molecule has 15 nitrogen and oxygen atoms in total. The summed E-state index contributed by atoms with van der Waals surface area (Å²) in [6, 6.07) is 16.6. The fourth-order valence-corrected chi connectivity index (χ4v) is 6.30. The van der Waals surface area contributed by atoms with E-state index >= 15 is 0 Å². The third-order valence-electron chi connectivity index (χ3n) is 9.33. The minimum absolute atomic E-state index is 0.0618. The van der Waals surface area contributed by atoms with Crippen LogP contribution in [0.15, 0.2) is 73.1 Å². The van der Waals surface area contributed by atoms with Gasteiger partial charge in [0.25, 0.3) is 5.91 Å². The molecular weight excluding hydrogens is 698 g/mol. The highest BCUT2D eigenvalue weighted by Crippen LogP contribution is 2.33. The van der Waals surface area contributed by atoms with Crippen LogP contribution in [0.5, 0.6) is 11.5 Å². The van der Waals surface area contributed by atoms with E-state index < -0.39 is 54.1 Å². The largest absolute Gasteiger partial charge is 0.497 e. The third kappa shape index (κ3) is 11.5. The zero-order chi connectivity index (χ0) is 38.7. The molecule has 0 spiro atoms. The van der Waals surface area contributed by atoms with Crippen molar-refractivity contribution < 1.29 is 47.9 Å². The molecule has 0 radical (unpaired) electrons. The number of amides is 3. The van der Waals surface area contributed by atoms with Crippen LogP contribution in [-0.2, 0) is 43.3 Å². The fourth-order valence-electron chi connectivity index (χ4n) is 6.30. The lowest BCUT2D eigenvalue weighted by Crippen LogP contribution is -2.59. The van der Waals surface area contributed by atoms with Gasteiger partial charge in [-0.1, -0.05) is 45.0 Å². The van der Waals surface area contributed by atoms with Crippen LogP contribution in [0.4, 0.5) is 9.59 Å². The van der Waals surface area contributed by atoms with Gasteiger partial charge in [-0.25, -0.2) is 14.6 Å². The van der Waals surface area contributed by atoms with E-state index in [1.54, 1.807) is 36.6 Å². The molecule has 3 heterocycles. The number of alkyl carbamates (subject to hydrolysis) is 2. The Morgan fingerprint density at radius 1 is 0.907 bits per heavy atom. The van der Waals surface area contributed by atoms with Crippen molar-refractivity contribution in [3.63, 3.8) is 0 Å². The van der Waals surface area contributed by atoms with Crippen molar-refractivity contribution in [2.24, 2.45) is 11.3 Å². The van der Waals surface area contributed by atoms with Gasteiger partial charge in [0.1, 0.15) is 30.3 Å². The van der Waals surface area contributed by atoms with Gasteiger partial charge in [-0.05, 0) is 71.3 Å². The van der Waals surface area contributed by atoms with Gasteiger partial charge in [0.15, 0.2) is 6.29 Å². The molecule has 3 amide bonds. The van der Waals surface area contributed by atoms with Gasteiger partial charge >= 0.3 is 12.2 Å². The second kappa shape index (κ2) is 18.9. The molecule has 1 unspecified atom stereocenters. The van der Waals surface area contributed by atoms with Crippen molar-refractivity contribution >= 4 is 18.1 Å². The van der Waals surface area contributed by atoms with Crippen molar-refractivity contribution in [2.75, 3.05) is 34.0 Å². The molecule has 2 fully saturated rings. The second-order valence-electron chi connectivity index (χ2n) is 14.4. The number of pyridine rings is 1. The zero-order valence-electron chi connectivity index (χ0n) is 31.4. The van der Waals surface area contributed by atoms with Gasteiger partial charge in [0.2, 0.25) is 0 Å². The Morgan fingerprint density at radius 2 is 1.59 bits per heavy atom.